The van der Waals surface area contributed by atoms with Crippen LogP contribution >= 0.6 is 0 Å². The van der Waals surface area contributed by atoms with Crippen molar-refractivity contribution >= 4 is 0 Å². The largest absolute Gasteiger partial charge is 0.349 e. The second-order valence-electron chi connectivity index (χ2n) is 13.3. The summed E-state index contributed by atoms with van der Waals surface area (Å²) in [5.74, 6) is 1.35. The van der Waals surface area contributed by atoms with Gasteiger partial charge in [-0.25, -0.2) is 0 Å². The van der Waals surface area contributed by atoms with Crippen LogP contribution < -0.4 is 17.2 Å². The number of rotatable bonds is 0. The minimum Gasteiger partial charge on any atom is -0.349 e. The zero-order chi connectivity index (χ0) is 22.7. The van der Waals surface area contributed by atoms with Crippen LogP contribution in [0.4, 0.5) is 0 Å². The lowest BCUT2D eigenvalue weighted by Crippen LogP contribution is -2.76. The van der Waals surface area contributed by atoms with Crippen LogP contribution in [0.2, 0.25) is 0 Å². The lowest BCUT2D eigenvalue weighted by Gasteiger charge is -2.67. The van der Waals surface area contributed by atoms with Gasteiger partial charge in [-0.05, 0) is 68.6 Å². The van der Waals surface area contributed by atoms with Crippen LogP contribution in [0.25, 0.3) is 0 Å². The highest BCUT2D eigenvalue weighted by molar-refractivity contribution is 5.36. The number of hydrogen-bond acceptors (Lipinski definition) is 5. The van der Waals surface area contributed by atoms with E-state index >= 15 is 0 Å². The van der Waals surface area contributed by atoms with Gasteiger partial charge in [-0.3, -0.25) is 0 Å². The van der Waals surface area contributed by atoms with E-state index in [9.17, 15) is 0 Å². The average molecular weight is 444 g/mol. The molecule has 6 aliphatic rings. The van der Waals surface area contributed by atoms with Crippen molar-refractivity contribution in [2.45, 2.75) is 114 Å². The maximum Gasteiger partial charge on any atom is 0.171 e. The molecule has 0 aromatic heterocycles. The standard InChI is InChI=1S/C27H45N3O2/c1-16-7-10-27(31-15-16)17(2)22-20(32-27)14-26(30)21-6-5-18-13-19(28)8-9-23(18,3)25(21,29)12-11-24(22,26)4/h5,16-17,19-22H,6-15,28-30H2,1-4H3/t16-,17+,19+,20?,21-,22?,23+,24-,25-,26-,27-/m1/s1. The van der Waals surface area contributed by atoms with E-state index < -0.39 is 5.79 Å². The van der Waals surface area contributed by atoms with Crippen molar-refractivity contribution in [3.8, 4) is 0 Å². The molecule has 0 radical (unpaired) electrons. The lowest BCUT2D eigenvalue weighted by molar-refractivity contribution is -0.273. The smallest absolute Gasteiger partial charge is 0.171 e. The van der Waals surface area contributed by atoms with E-state index in [-0.39, 0.29) is 34.1 Å². The van der Waals surface area contributed by atoms with Crippen molar-refractivity contribution in [2.24, 2.45) is 51.7 Å². The van der Waals surface area contributed by atoms with Crippen molar-refractivity contribution in [1.82, 2.24) is 0 Å². The van der Waals surface area contributed by atoms with Gasteiger partial charge in [0.15, 0.2) is 5.79 Å². The van der Waals surface area contributed by atoms with Crippen LogP contribution in [0, 0.1) is 34.5 Å². The Kier molecular flexibility index (Phi) is 4.54. The van der Waals surface area contributed by atoms with Crippen molar-refractivity contribution in [3.05, 3.63) is 11.6 Å². The molecule has 3 saturated carbocycles. The van der Waals surface area contributed by atoms with E-state index in [2.05, 4.69) is 33.8 Å². The Labute approximate surface area is 194 Å². The predicted octanol–water partition coefficient (Wildman–Crippen LogP) is 3.84. The third kappa shape index (κ3) is 2.43. The predicted molar refractivity (Wildman–Crippen MR) is 127 cm³/mol. The highest BCUT2D eigenvalue weighted by atomic mass is 16.7. The molecule has 2 saturated heterocycles. The van der Waals surface area contributed by atoms with Crippen LogP contribution in [-0.4, -0.2) is 35.6 Å². The first-order valence-corrected chi connectivity index (χ1v) is 13.3. The summed E-state index contributed by atoms with van der Waals surface area (Å²) in [6, 6.07) is 0.282. The molecule has 5 heteroatoms. The van der Waals surface area contributed by atoms with Crippen LogP contribution in [0.3, 0.4) is 0 Å². The summed E-state index contributed by atoms with van der Waals surface area (Å²) >= 11 is 0. The number of allylic oxidation sites excluding steroid dienone is 1. The van der Waals surface area contributed by atoms with Gasteiger partial charge in [-0.1, -0.05) is 39.3 Å². The molecule has 2 unspecified atom stereocenters. The van der Waals surface area contributed by atoms with E-state index in [1.165, 1.54) is 12.0 Å². The van der Waals surface area contributed by atoms with Gasteiger partial charge in [0.1, 0.15) is 0 Å². The first kappa shape index (κ1) is 22.0. The minimum atomic E-state index is -0.394. The second-order valence-corrected chi connectivity index (χ2v) is 13.3. The quantitative estimate of drug-likeness (QED) is 0.494. The third-order valence-electron chi connectivity index (χ3n) is 12.1. The van der Waals surface area contributed by atoms with E-state index in [0.717, 1.165) is 58.0 Å². The van der Waals surface area contributed by atoms with Gasteiger partial charge in [-0.15, -0.1) is 0 Å². The zero-order valence-electron chi connectivity index (χ0n) is 20.7. The Morgan fingerprint density at radius 3 is 2.50 bits per heavy atom. The molecule has 2 aliphatic heterocycles. The molecule has 1 spiro atoms. The lowest BCUT2D eigenvalue weighted by atomic mass is 9.41. The summed E-state index contributed by atoms with van der Waals surface area (Å²) < 4.78 is 13.3. The second kappa shape index (κ2) is 6.60. The van der Waals surface area contributed by atoms with Crippen molar-refractivity contribution in [1.29, 1.82) is 0 Å². The molecular weight excluding hydrogens is 398 g/mol. The molecule has 2 heterocycles. The van der Waals surface area contributed by atoms with Gasteiger partial charge in [0.2, 0.25) is 0 Å². The van der Waals surface area contributed by atoms with E-state index in [4.69, 9.17) is 26.7 Å². The normalized spacial score (nSPS) is 61.5. The van der Waals surface area contributed by atoms with E-state index in [1.807, 2.05) is 0 Å². The molecule has 0 aromatic carbocycles. The summed E-state index contributed by atoms with van der Waals surface area (Å²) in [5.41, 5.74) is 22.5. The van der Waals surface area contributed by atoms with Crippen molar-refractivity contribution in [2.75, 3.05) is 6.61 Å². The number of ether oxygens (including phenoxy) is 2. The van der Waals surface area contributed by atoms with Crippen LogP contribution in [-0.2, 0) is 9.47 Å². The fourth-order valence-corrected chi connectivity index (χ4v) is 9.84. The van der Waals surface area contributed by atoms with Crippen molar-refractivity contribution < 1.29 is 9.47 Å². The maximum atomic E-state index is 7.58. The molecule has 6 N–H and O–H groups in total. The summed E-state index contributed by atoms with van der Waals surface area (Å²) in [6.07, 6.45) is 12.1. The fraction of sp³-hybridized carbons (Fsp3) is 0.926. The topological polar surface area (TPSA) is 96.5 Å². The van der Waals surface area contributed by atoms with Gasteiger partial charge in [0.25, 0.3) is 0 Å². The molecule has 180 valence electrons. The van der Waals surface area contributed by atoms with Gasteiger partial charge < -0.3 is 26.7 Å². The molecule has 11 atom stereocenters. The van der Waals surface area contributed by atoms with E-state index in [0.29, 0.717) is 23.7 Å². The molecule has 4 aliphatic carbocycles. The molecule has 32 heavy (non-hydrogen) atoms. The van der Waals surface area contributed by atoms with Crippen LogP contribution in [0.15, 0.2) is 11.6 Å². The molecule has 0 amide bonds. The average Bonchev–Trinajstić information content (AvgIpc) is 3.13. The zero-order valence-corrected chi connectivity index (χ0v) is 20.7. The number of hydrogen-bond donors (Lipinski definition) is 3. The Morgan fingerprint density at radius 2 is 1.78 bits per heavy atom. The monoisotopic (exact) mass is 443 g/mol. The van der Waals surface area contributed by atoms with Gasteiger partial charge in [-0.2, -0.15) is 0 Å². The third-order valence-corrected chi connectivity index (χ3v) is 12.1. The molecule has 0 aromatic rings. The highest BCUT2D eigenvalue weighted by Gasteiger charge is 2.75. The molecular formula is C27H45N3O2. The molecule has 5 fully saturated rings. The highest BCUT2D eigenvalue weighted by Crippen LogP contribution is 2.71. The Hall–Kier alpha value is -0.460. The van der Waals surface area contributed by atoms with Crippen LogP contribution in [0.1, 0.15) is 85.5 Å². The molecule has 6 rings (SSSR count). The summed E-state index contributed by atoms with van der Waals surface area (Å²) in [7, 11) is 0. The number of nitrogens with two attached hydrogens (primary N) is 3. The number of fused-ring (bicyclic) bond motifs is 7. The summed E-state index contributed by atoms with van der Waals surface area (Å²) in [6.45, 7) is 10.4. The van der Waals surface area contributed by atoms with Gasteiger partial charge in [0, 0.05) is 40.8 Å². The Balaban J connectivity index is 1.36. The van der Waals surface area contributed by atoms with E-state index in [1.54, 1.807) is 0 Å². The molecule has 0 bridgehead atoms. The Bertz CT molecular complexity index is 837. The Morgan fingerprint density at radius 1 is 1.00 bits per heavy atom. The van der Waals surface area contributed by atoms with Gasteiger partial charge in [0.05, 0.1) is 12.7 Å². The first-order chi connectivity index (χ1) is 15.0. The fourth-order valence-electron chi connectivity index (χ4n) is 9.84. The summed E-state index contributed by atoms with van der Waals surface area (Å²) in [4.78, 5) is 0. The van der Waals surface area contributed by atoms with Crippen LogP contribution in [0.5, 0.6) is 0 Å². The molecule has 5 nitrogen and oxygen atoms in total. The SMILES string of the molecule is C[C@@H]1CC[C@@]2(OC1)OC1C[C@@]3(N)[C@@H]4CC=C5C[C@@H](N)CC[C@]5(C)[C@@]4(N)CC[C@]3(C)C1[C@@H]2C. The minimum absolute atomic E-state index is 0.0213. The summed E-state index contributed by atoms with van der Waals surface area (Å²) in [5, 5.41) is 0. The van der Waals surface area contributed by atoms with Gasteiger partial charge >= 0.3 is 0 Å². The first-order valence-electron chi connectivity index (χ1n) is 13.3. The van der Waals surface area contributed by atoms with Crippen molar-refractivity contribution in [3.63, 3.8) is 0 Å². The maximum absolute atomic E-state index is 7.58.